The minimum absolute atomic E-state index is 0.0804. The number of benzene rings is 2. The van der Waals surface area contributed by atoms with Crippen LogP contribution >= 0.6 is 0 Å². The van der Waals surface area contributed by atoms with Gasteiger partial charge in [-0.25, -0.2) is 0 Å². The molecule has 0 bridgehead atoms. The lowest BCUT2D eigenvalue weighted by atomic mass is 10.1. The predicted octanol–water partition coefficient (Wildman–Crippen LogP) is 4.14. The molecular weight excluding hydrogens is 328 g/mol. The second-order valence-electron chi connectivity index (χ2n) is 6.23. The topological polar surface area (TPSA) is 55.6 Å². The number of nitrogens with zero attached hydrogens (tertiary/aromatic N) is 2. The van der Waals surface area contributed by atoms with Gasteiger partial charge in [-0.15, -0.1) is 0 Å². The highest BCUT2D eigenvalue weighted by molar-refractivity contribution is 5.96. The van der Waals surface area contributed by atoms with Crippen molar-refractivity contribution < 1.29 is 14.1 Å². The highest BCUT2D eigenvalue weighted by Crippen LogP contribution is 2.23. The van der Waals surface area contributed by atoms with Crippen LogP contribution in [0.1, 0.15) is 32.9 Å². The number of amides is 1. The Labute approximate surface area is 153 Å². The van der Waals surface area contributed by atoms with Crippen molar-refractivity contribution in [3.05, 3.63) is 82.7 Å². The molecule has 134 valence electrons. The third kappa shape index (κ3) is 3.94. The van der Waals surface area contributed by atoms with Gasteiger partial charge in [0, 0.05) is 13.6 Å². The maximum absolute atomic E-state index is 12.9. The first-order chi connectivity index (χ1) is 12.6. The van der Waals surface area contributed by atoms with Gasteiger partial charge in [0.15, 0.2) is 0 Å². The van der Waals surface area contributed by atoms with Gasteiger partial charge in [0.1, 0.15) is 18.1 Å². The molecular formula is C21H22N2O3. The molecule has 1 aromatic heterocycles. The van der Waals surface area contributed by atoms with Gasteiger partial charge in [-0.2, -0.15) is 0 Å². The van der Waals surface area contributed by atoms with E-state index in [0.717, 1.165) is 22.6 Å². The van der Waals surface area contributed by atoms with Crippen molar-refractivity contribution in [3.63, 3.8) is 0 Å². The summed E-state index contributed by atoms with van der Waals surface area (Å²) in [6.07, 6.45) is 0. The molecule has 5 nitrogen and oxygen atoms in total. The number of ether oxygens (including phenoxy) is 1. The average molecular weight is 350 g/mol. The molecule has 0 fully saturated rings. The lowest BCUT2D eigenvalue weighted by molar-refractivity contribution is 0.0780. The lowest BCUT2D eigenvalue weighted by Crippen LogP contribution is -2.26. The van der Waals surface area contributed by atoms with Crippen LogP contribution in [0.4, 0.5) is 0 Å². The number of aromatic nitrogens is 1. The monoisotopic (exact) mass is 350 g/mol. The normalized spacial score (nSPS) is 10.6. The van der Waals surface area contributed by atoms with E-state index < -0.39 is 0 Å². The molecule has 0 atom stereocenters. The molecule has 1 amide bonds. The number of carbonyl (C=O) groups is 1. The van der Waals surface area contributed by atoms with Gasteiger partial charge in [0.2, 0.25) is 0 Å². The maximum Gasteiger partial charge on any atom is 0.257 e. The molecule has 2 aromatic carbocycles. The van der Waals surface area contributed by atoms with Gasteiger partial charge in [0.05, 0.1) is 16.8 Å². The lowest BCUT2D eigenvalue weighted by Gasteiger charge is -2.19. The van der Waals surface area contributed by atoms with Crippen LogP contribution in [0.25, 0.3) is 0 Å². The summed E-state index contributed by atoms with van der Waals surface area (Å²) in [4.78, 5) is 14.6. The van der Waals surface area contributed by atoms with Gasteiger partial charge < -0.3 is 14.2 Å². The fourth-order valence-electron chi connectivity index (χ4n) is 2.76. The van der Waals surface area contributed by atoms with Gasteiger partial charge >= 0.3 is 0 Å². The van der Waals surface area contributed by atoms with Crippen molar-refractivity contribution in [2.75, 3.05) is 7.05 Å². The van der Waals surface area contributed by atoms with E-state index in [1.165, 1.54) is 0 Å². The quantitative estimate of drug-likeness (QED) is 0.670. The van der Waals surface area contributed by atoms with E-state index in [-0.39, 0.29) is 5.91 Å². The minimum Gasteiger partial charge on any atom is -0.488 e. The van der Waals surface area contributed by atoms with Crippen LogP contribution in [0.5, 0.6) is 5.75 Å². The van der Waals surface area contributed by atoms with Gasteiger partial charge in [-0.1, -0.05) is 47.6 Å². The summed E-state index contributed by atoms with van der Waals surface area (Å²) in [5.41, 5.74) is 3.33. The van der Waals surface area contributed by atoms with Crippen molar-refractivity contribution in [2.24, 2.45) is 0 Å². The Morgan fingerprint density at radius 3 is 2.46 bits per heavy atom. The molecule has 0 aliphatic carbocycles. The summed E-state index contributed by atoms with van der Waals surface area (Å²) in [7, 11) is 1.79. The van der Waals surface area contributed by atoms with E-state index in [0.29, 0.717) is 24.5 Å². The molecule has 1 heterocycles. The molecule has 0 saturated heterocycles. The Morgan fingerprint density at radius 2 is 1.77 bits per heavy atom. The first-order valence-corrected chi connectivity index (χ1v) is 8.49. The number of rotatable bonds is 6. The molecule has 0 spiro atoms. The Kier molecular flexibility index (Phi) is 5.37. The molecule has 0 N–H and O–H groups in total. The van der Waals surface area contributed by atoms with Crippen molar-refractivity contribution in [2.45, 2.75) is 27.0 Å². The third-order valence-electron chi connectivity index (χ3n) is 4.28. The minimum atomic E-state index is -0.0804. The Morgan fingerprint density at radius 1 is 1.08 bits per heavy atom. The molecule has 0 aliphatic heterocycles. The first-order valence-electron chi connectivity index (χ1n) is 8.49. The largest absolute Gasteiger partial charge is 0.488 e. The van der Waals surface area contributed by atoms with Crippen LogP contribution in [0.3, 0.4) is 0 Å². The maximum atomic E-state index is 12.9. The highest BCUT2D eigenvalue weighted by Gasteiger charge is 2.18. The van der Waals surface area contributed by atoms with Gasteiger partial charge in [-0.3, -0.25) is 4.79 Å². The molecule has 0 aliphatic rings. The summed E-state index contributed by atoms with van der Waals surface area (Å²) >= 11 is 0. The summed E-state index contributed by atoms with van der Waals surface area (Å²) < 4.78 is 11.1. The zero-order chi connectivity index (χ0) is 18.5. The van der Waals surface area contributed by atoms with Crippen LogP contribution in [-0.4, -0.2) is 23.0 Å². The Bertz CT molecular complexity index is 868. The fourth-order valence-corrected chi connectivity index (χ4v) is 2.76. The number of aryl methyl sites for hydroxylation is 2. The van der Waals surface area contributed by atoms with E-state index in [2.05, 4.69) is 5.16 Å². The molecule has 0 unspecified atom stereocenters. The number of para-hydroxylation sites is 1. The van der Waals surface area contributed by atoms with E-state index in [9.17, 15) is 4.79 Å². The van der Waals surface area contributed by atoms with Crippen molar-refractivity contribution in [1.29, 1.82) is 0 Å². The Hall–Kier alpha value is -3.08. The predicted molar refractivity (Wildman–Crippen MR) is 99.0 cm³/mol. The molecule has 3 aromatic rings. The number of carbonyl (C=O) groups excluding carboxylic acids is 1. The second-order valence-corrected chi connectivity index (χ2v) is 6.23. The SMILES string of the molecule is Cc1noc(C)c1COc1ccccc1C(=O)N(C)Cc1ccccc1. The van der Waals surface area contributed by atoms with E-state index >= 15 is 0 Å². The van der Waals surface area contributed by atoms with Crippen LogP contribution in [-0.2, 0) is 13.2 Å². The molecule has 0 saturated carbocycles. The molecule has 3 rings (SSSR count). The van der Waals surface area contributed by atoms with E-state index in [1.807, 2.05) is 62.4 Å². The average Bonchev–Trinajstić information content (AvgIpc) is 2.98. The van der Waals surface area contributed by atoms with Crippen LogP contribution in [0.15, 0.2) is 59.1 Å². The first kappa shape index (κ1) is 17.7. The van der Waals surface area contributed by atoms with Crippen LogP contribution < -0.4 is 4.74 Å². The van der Waals surface area contributed by atoms with Crippen LogP contribution in [0.2, 0.25) is 0 Å². The van der Waals surface area contributed by atoms with E-state index in [1.54, 1.807) is 18.0 Å². The molecule has 26 heavy (non-hydrogen) atoms. The summed E-state index contributed by atoms with van der Waals surface area (Å²) in [5, 5.41) is 3.93. The van der Waals surface area contributed by atoms with Crippen LogP contribution in [0, 0.1) is 13.8 Å². The smallest absolute Gasteiger partial charge is 0.257 e. The van der Waals surface area contributed by atoms with E-state index in [4.69, 9.17) is 9.26 Å². The van der Waals surface area contributed by atoms with Crippen molar-refractivity contribution in [1.82, 2.24) is 10.1 Å². The fraction of sp³-hybridized carbons (Fsp3) is 0.238. The standard InChI is InChI=1S/C21H22N2O3/c1-15-19(16(2)26-22-15)14-25-20-12-8-7-11-18(20)21(24)23(3)13-17-9-5-4-6-10-17/h4-12H,13-14H2,1-3H3. The zero-order valence-corrected chi connectivity index (χ0v) is 15.2. The van der Waals surface area contributed by atoms with Crippen molar-refractivity contribution >= 4 is 5.91 Å². The van der Waals surface area contributed by atoms with Gasteiger partial charge in [0.25, 0.3) is 5.91 Å². The number of hydrogen-bond donors (Lipinski definition) is 0. The summed E-state index contributed by atoms with van der Waals surface area (Å²) in [6, 6.07) is 17.2. The number of hydrogen-bond acceptors (Lipinski definition) is 4. The summed E-state index contributed by atoms with van der Waals surface area (Å²) in [6.45, 7) is 4.58. The highest BCUT2D eigenvalue weighted by atomic mass is 16.5. The second kappa shape index (κ2) is 7.87. The van der Waals surface area contributed by atoms with Crippen molar-refractivity contribution in [3.8, 4) is 5.75 Å². The summed E-state index contributed by atoms with van der Waals surface area (Å²) in [5.74, 6) is 1.20. The molecule has 0 radical (unpaired) electrons. The third-order valence-corrected chi connectivity index (χ3v) is 4.28. The Balaban J connectivity index is 1.74. The zero-order valence-electron chi connectivity index (χ0n) is 15.2. The van der Waals surface area contributed by atoms with Gasteiger partial charge in [-0.05, 0) is 31.5 Å². The molecule has 5 heteroatoms.